The lowest BCUT2D eigenvalue weighted by atomic mass is 9.81. The number of hydrogen-bond donors (Lipinski definition) is 2. The Labute approximate surface area is 200 Å². The molecule has 3 N–H and O–H groups in total. The largest absolute Gasteiger partial charge is 0.586 e. The zero-order valence-electron chi connectivity index (χ0n) is 18.8. The van der Waals surface area contributed by atoms with Crippen molar-refractivity contribution in [3.8, 4) is 28.4 Å². The molecule has 0 spiro atoms. The highest BCUT2D eigenvalue weighted by atomic mass is 35.5. The van der Waals surface area contributed by atoms with Crippen molar-refractivity contribution in [1.29, 1.82) is 0 Å². The summed E-state index contributed by atoms with van der Waals surface area (Å²) in [7, 11) is 1.45. The summed E-state index contributed by atoms with van der Waals surface area (Å²) >= 11 is 6.05. The number of amides is 1. The van der Waals surface area contributed by atoms with Crippen molar-refractivity contribution in [2.75, 3.05) is 7.11 Å². The number of aliphatic carboxylic acids is 1. The van der Waals surface area contributed by atoms with Gasteiger partial charge in [0.25, 0.3) is 0 Å². The van der Waals surface area contributed by atoms with Crippen LogP contribution in [0.3, 0.4) is 0 Å². The third-order valence-corrected chi connectivity index (χ3v) is 6.32. The molecule has 0 radical (unpaired) electrons. The molecular formula is C24H26ClF2NO6. The number of carbonyl (C=O) groups excluding carboxylic acids is 1. The van der Waals surface area contributed by atoms with Crippen LogP contribution < -0.4 is 19.9 Å². The number of carboxylic acids is 1. The third kappa shape index (κ3) is 5.88. The fourth-order valence-corrected chi connectivity index (χ4v) is 4.32. The Bertz CT molecular complexity index is 1070. The SMILES string of the molecule is CCC1CCC(C(=O)O)CC1.COc1ccc(-c2cc(C(N)=O)cc3c2OC(F)(F)O3)cc1Cl. The van der Waals surface area contributed by atoms with E-state index in [1.165, 1.54) is 25.7 Å². The number of carboxylic acid groups (broad SMARTS) is 1. The van der Waals surface area contributed by atoms with Gasteiger partial charge in [-0.3, -0.25) is 9.59 Å². The number of nitrogens with two attached hydrogens (primary N) is 1. The standard InChI is InChI=1S/C15H10ClF2NO4.C9H16O2/c1-21-11-3-2-7(5-10(11)16)9-4-8(14(19)20)6-12-13(9)23-15(17,18)22-12;1-2-7-3-5-8(6-4-7)9(10)11/h2-6H,1H3,(H2,19,20);7-8H,2-6H2,1H3,(H,10,11). The van der Waals surface area contributed by atoms with Crippen LogP contribution in [0.1, 0.15) is 49.4 Å². The first-order chi connectivity index (χ1) is 16.0. The monoisotopic (exact) mass is 497 g/mol. The maximum atomic E-state index is 13.4. The van der Waals surface area contributed by atoms with Crippen LogP contribution in [0.15, 0.2) is 30.3 Å². The van der Waals surface area contributed by atoms with E-state index in [0.717, 1.165) is 37.7 Å². The van der Waals surface area contributed by atoms with E-state index < -0.39 is 18.2 Å². The van der Waals surface area contributed by atoms with E-state index >= 15 is 0 Å². The van der Waals surface area contributed by atoms with Gasteiger partial charge in [0.1, 0.15) is 5.75 Å². The second-order valence-electron chi connectivity index (χ2n) is 8.20. The maximum Gasteiger partial charge on any atom is 0.586 e. The second-order valence-corrected chi connectivity index (χ2v) is 8.60. The molecule has 1 aliphatic carbocycles. The molecule has 4 rings (SSSR count). The van der Waals surface area contributed by atoms with Crippen molar-refractivity contribution in [3.05, 3.63) is 40.9 Å². The first-order valence-corrected chi connectivity index (χ1v) is 11.2. The number of methoxy groups -OCH3 is 1. The Kier molecular flexibility index (Phi) is 7.86. The quantitative estimate of drug-likeness (QED) is 0.546. The lowest BCUT2D eigenvalue weighted by Crippen LogP contribution is -2.26. The van der Waals surface area contributed by atoms with Gasteiger partial charge >= 0.3 is 12.3 Å². The zero-order chi connectivity index (χ0) is 25.0. The fourth-order valence-electron chi connectivity index (χ4n) is 4.06. The Balaban J connectivity index is 0.000000248. The molecule has 10 heteroatoms. The molecule has 0 aromatic heterocycles. The zero-order valence-corrected chi connectivity index (χ0v) is 19.5. The Hall–Kier alpha value is -3.07. The number of carbonyl (C=O) groups is 2. The van der Waals surface area contributed by atoms with E-state index in [9.17, 15) is 18.4 Å². The van der Waals surface area contributed by atoms with Crippen molar-refractivity contribution in [2.24, 2.45) is 17.6 Å². The van der Waals surface area contributed by atoms with Gasteiger partial charge in [0.15, 0.2) is 11.5 Å². The predicted octanol–water partition coefficient (Wildman–Crippen LogP) is 5.72. The van der Waals surface area contributed by atoms with Gasteiger partial charge in [-0.25, -0.2) is 0 Å². The highest BCUT2D eigenvalue weighted by molar-refractivity contribution is 6.32. The molecule has 1 saturated carbocycles. The van der Waals surface area contributed by atoms with Crippen molar-refractivity contribution < 1.29 is 37.7 Å². The van der Waals surface area contributed by atoms with Gasteiger partial charge in [-0.15, -0.1) is 8.78 Å². The van der Waals surface area contributed by atoms with Crippen LogP contribution in [0, 0.1) is 11.8 Å². The third-order valence-electron chi connectivity index (χ3n) is 6.03. The van der Waals surface area contributed by atoms with Crippen LogP contribution in [0.25, 0.3) is 11.1 Å². The van der Waals surface area contributed by atoms with Gasteiger partial charge in [0.2, 0.25) is 5.91 Å². The minimum atomic E-state index is -3.82. The number of alkyl halides is 2. The molecule has 1 heterocycles. The average Bonchev–Trinajstić information content (AvgIpc) is 3.12. The number of primary amides is 1. The molecule has 0 bridgehead atoms. The summed E-state index contributed by atoms with van der Waals surface area (Å²) in [4.78, 5) is 22.0. The van der Waals surface area contributed by atoms with Gasteiger partial charge in [-0.1, -0.05) is 31.0 Å². The minimum Gasteiger partial charge on any atom is -0.495 e. The molecule has 2 aromatic rings. The van der Waals surface area contributed by atoms with Crippen LogP contribution in [0.2, 0.25) is 5.02 Å². The number of fused-ring (bicyclic) bond motifs is 1. The molecule has 2 aromatic carbocycles. The molecule has 184 valence electrons. The van der Waals surface area contributed by atoms with Gasteiger partial charge < -0.3 is 25.1 Å². The molecule has 2 aliphatic rings. The second kappa shape index (κ2) is 10.5. The van der Waals surface area contributed by atoms with Crippen molar-refractivity contribution in [3.63, 3.8) is 0 Å². The van der Waals surface area contributed by atoms with E-state index in [2.05, 4.69) is 16.4 Å². The van der Waals surface area contributed by atoms with Gasteiger partial charge in [0.05, 0.1) is 18.1 Å². The first kappa shape index (κ1) is 25.6. The maximum absolute atomic E-state index is 13.4. The van der Waals surface area contributed by atoms with Crippen LogP contribution in [0.4, 0.5) is 8.78 Å². The molecule has 7 nitrogen and oxygen atoms in total. The number of rotatable bonds is 5. The molecular weight excluding hydrogens is 472 g/mol. The van der Waals surface area contributed by atoms with Crippen molar-refractivity contribution in [2.45, 2.75) is 45.3 Å². The summed E-state index contributed by atoms with van der Waals surface area (Å²) in [5, 5.41) is 8.97. The Morgan fingerprint density at radius 2 is 1.85 bits per heavy atom. The summed E-state index contributed by atoms with van der Waals surface area (Å²) in [5.41, 5.74) is 5.88. The van der Waals surface area contributed by atoms with E-state index in [-0.39, 0.29) is 33.6 Å². The summed E-state index contributed by atoms with van der Waals surface area (Å²) in [6.45, 7) is 2.19. The lowest BCUT2D eigenvalue weighted by Gasteiger charge is -2.24. The van der Waals surface area contributed by atoms with E-state index in [1.807, 2.05) is 0 Å². The smallest absolute Gasteiger partial charge is 0.495 e. The van der Waals surface area contributed by atoms with Gasteiger partial charge in [-0.2, -0.15) is 0 Å². The molecule has 1 aliphatic heterocycles. The van der Waals surface area contributed by atoms with Gasteiger partial charge in [0, 0.05) is 11.1 Å². The Morgan fingerprint density at radius 1 is 1.18 bits per heavy atom. The molecule has 1 fully saturated rings. The Morgan fingerprint density at radius 3 is 2.38 bits per heavy atom. The molecule has 0 saturated heterocycles. The van der Waals surface area contributed by atoms with E-state index in [1.54, 1.807) is 12.1 Å². The van der Waals surface area contributed by atoms with Crippen molar-refractivity contribution >= 4 is 23.5 Å². The number of ether oxygens (including phenoxy) is 3. The summed E-state index contributed by atoms with van der Waals surface area (Å²) in [5.74, 6) is -0.675. The molecule has 34 heavy (non-hydrogen) atoms. The first-order valence-electron chi connectivity index (χ1n) is 10.8. The molecule has 0 unspecified atom stereocenters. The highest BCUT2D eigenvalue weighted by Crippen LogP contribution is 2.48. The molecule has 1 amide bonds. The van der Waals surface area contributed by atoms with E-state index in [4.69, 9.17) is 27.2 Å². The summed E-state index contributed by atoms with van der Waals surface area (Å²) in [6, 6.07) is 7.09. The number of hydrogen-bond acceptors (Lipinski definition) is 5. The lowest BCUT2D eigenvalue weighted by molar-refractivity contribution is -0.286. The fraction of sp³-hybridized carbons (Fsp3) is 0.417. The van der Waals surface area contributed by atoms with Crippen molar-refractivity contribution in [1.82, 2.24) is 0 Å². The van der Waals surface area contributed by atoms with Crippen LogP contribution in [0.5, 0.6) is 17.2 Å². The normalized spacial score (nSPS) is 20.1. The highest BCUT2D eigenvalue weighted by Gasteiger charge is 2.45. The summed E-state index contributed by atoms with van der Waals surface area (Å²) < 4.78 is 40.7. The minimum absolute atomic E-state index is 0.00647. The number of benzene rings is 2. The van der Waals surface area contributed by atoms with Crippen LogP contribution in [-0.2, 0) is 4.79 Å². The predicted molar refractivity (Wildman–Crippen MR) is 122 cm³/mol. The van der Waals surface area contributed by atoms with Crippen LogP contribution in [-0.4, -0.2) is 30.4 Å². The van der Waals surface area contributed by atoms with E-state index in [0.29, 0.717) is 11.3 Å². The topological polar surface area (TPSA) is 108 Å². The summed E-state index contributed by atoms with van der Waals surface area (Å²) in [6.07, 6.45) is 1.43. The number of halogens is 3. The van der Waals surface area contributed by atoms with Gasteiger partial charge in [-0.05, 0) is 61.4 Å². The van der Waals surface area contributed by atoms with Crippen LogP contribution >= 0.6 is 11.6 Å². The molecule has 0 atom stereocenters. The average molecular weight is 498 g/mol.